The van der Waals surface area contributed by atoms with Crippen LogP contribution in [0.1, 0.15) is 26.5 Å². The van der Waals surface area contributed by atoms with Crippen LogP contribution in [0.25, 0.3) is 16.1 Å². The Bertz CT molecular complexity index is 1400. The highest BCUT2D eigenvalue weighted by atomic mass is 35.5. The van der Waals surface area contributed by atoms with Gasteiger partial charge in [-0.15, -0.1) is 5.10 Å². The van der Waals surface area contributed by atoms with Gasteiger partial charge in [0.2, 0.25) is 10.1 Å². The first-order chi connectivity index (χ1) is 16.3. The van der Waals surface area contributed by atoms with Gasteiger partial charge in [0.05, 0.1) is 31.2 Å². The van der Waals surface area contributed by atoms with Crippen LogP contribution in [0.5, 0.6) is 5.75 Å². The number of hydrogen-bond acceptors (Lipinski definition) is 9. The average molecular weight is 500 g/mol. The molecule has 0 unspecified atom stereocenters. The summed E-state index contributed by atoms with van der Waals surface area (Å²) in [5.41, 5.74) is 2.42. The van der Waals surface area contributed by atoms with Gasteiger partial charge in [0.15, 0.2) is 0 Å². The molecule has 0 saturated carbocycles. The number of fused-ring (bicyclic) bond motifs is 1. The number of imidazole rings is 1. The second kappa shape index (κ2) is 8.63. The molecule has 13 heteroatoms. The van der Waals surface area contributed by atoms with Crippen molar-refractivity contribution in [2.75, 3.05) is 25.5 Å². The van der Waals surface area contributed by atoms with E-state index in [1.165, 1.54) is 35.1 Å². The van der Waals surface area contributed by atoms with Gasteiger partial charge in [0, 0.05) is 36.1 Å². The zero-order valence-electron chi connectivity index (χ0n) is 18.0. The second-order valence-corrected chi connectivity index (χ2v) is 9.00. The van der Waals surface area contributed by atoms with E-state index in [0.29, 0.717) is 51.3 Å². The van der Waals surface area contributed by atoms with Gasteiger partial charge in [-0.3, -0.25) is 19.9 Å². The van der Waals surface area contributed by atoms with E-state index in [2.05, 4.69) is 25.4 Å². The Morgan fingerprint density at radius 1 is 1.24 bits per heavy atom. The van der Waals surface area contributed by atoms with E-state index in [4.69, 9.17) is 16.3 Å². The SMILES string of the molecule is COc1cnc(Cl)cc1-c1cc(C)ncc1C(=O)Nc1nn2cc(C(=O)N3CC(O)C3)nc2s1. The molecule has 174 valence electrons. The summed E-state index contributed by atoms with van der Waals surface area (Å²) in [6.07, 6.45) is 3.98. The smallest absolute Gasteiger partial charge is 0.274 e. The number of rotatable bonds is 5. The summed E-state index contributed by atoms with van der Waals surface area (Å²) >= 11 is 7.22. The normalized spacial score (nSPS) is 13.7. The summed E-state index contributed by atoms with van der Waals surface area (Å²) < 4.78 is 6.84. The number of amides is 2. The Kier molecular flexibility index (Phi) is 5.63. The van der Waals surface area contributed by atoms with Crippen molar-refractivity contribution >= 4 is 44.8 Å². The molecule has 1 saturated heterocycles. The summed E-state index contributed by atoms with van der Waals surface area (Å²) in [6.45, 7) is 2.40. The van der Waals surface area contributed by atoms with Crippen LogP contribution >= 0.6 is 22.9 Å². The maximum Gasteiger partial charge on any atom is 0.274 e. The molecule has 5 heterocycles. The number of pyridine rings is 2. The zero-order valence-corrected chi connectivity index (χ0v) is 19.6. The molecule has 0 bridgehead atoms. The van der Waals surface area contributed by atoms with Crippen molar-refractivity contribution < 1.29 is 19.4 Å². The van der Waals surface area contributed by atoms with Crippen molar-refractivity contribution in [1.29, 1.82) is 0 Å². The fraction of sp³-hybridized carbons (Fsp3) is 0.238. The molecule has 2 amide bonds. The van der Waals surface area contributed by atoms with Gasteiger partial charge in [0.25, 0.3) is 11.8 Å². The molecule has 4 aromatic heterocycles. The van der Waals surface area contributed by atoms with Crippen molar-refractivity contribution in [3.05, 3.63) is 52.8 Å². The molecule has 1 aliphatic heterocycles. The predicted molar refractivity (Wildman–Crippen MR) is 124 cm³/mol. The lowest BCUT2D eigenvalue weighted by Gasteiger charge is -2.35. The van der Waals surface area contributed by atoms with Gasteiger partial charge < -0.3 is 14.7 Å². The largest absolute Gasteiger partial charge is 0.494 e. The third-order valence-corrected chi connectivity index (χ3v) is 6.31. The van der Waals surface area contributed by atoms with Crippen molar-refractivity contribution in [1.82, 2.24) is 29.5 Å². The average Bonchev–Trinajstić information content (AvgIpc) is 3.35. The number of halogens is 1. The highest BCUT2D eigenvalue weighted by Gasteiger charge is 2.31. The van der Waals surface area contributed by atoms with E-state index in [-0.39, 0.29) is 16.8 Å². The first-order valence-corrected chi connectivity index (χ1v) is 11.3. The number of hydrogen-bond donors (Lipinski definition) is 2. The topological polar surface area (TPSA) is 135 Å². The lowest BCUT2D eigenvalue weighted by atomic mass is 10.0. The molecule has 0 aliphatic carbocycles. The Morgan fingerprint density at radius 2 is 2.03 bits per heavy atom. The summed E-state index contributed by atoms with van der Waals surface area (Å²) in [5, 5.41) is 17.0. The standard InChI is InChI=1S/C21H18ClN7O4S/c1-10-3-12(13-4-17(22)24-6-16(13)33-2)14(5-23-10)18(31)26-20-27-29-9-15(25-21(29)34-20)19(32)28-7-11(30)8-28/h3-6,9,11,30H,7-8H2,1-2H3,(H,26,27,31). The second-order valence-electron chi connectivity index (χ2n) is 7.66. The van der Waals surface area contributed by atoms with E-state index < -0.39 is 12.0 Å². The number of anilines is 1. The van der Waals surface area contributed by atoms with Crippen LogP contribution in [-0.2, 0) is 0 Å². The van der Waals surface area contributed by atoms with Crippen LogP contribution in [0.3, 0.4) is 0 Å². The third kappa shape index (κ3) is 4.06. The van der Waals surface area contributed by atoms with E-state index in [1.807, 2.05) is 6.92 Å². The van der Waals surface area contributed by atoms with E-state index >= 15 is 0 Å². The number of ether oxygens (including phenoxy) is 1. The van der Waals surface area contributed by atoms with Crippen LogP contribution in [0, 0.1) is 6.92 Å². The lowest BCUT2D eigenvalue weighted by Crippen LogP contribution is -2.53. The minimum absolute atomic E-state index is 0.232. The van der Waals surface area contributed by atoms with Gasteiger partial charge in [-0.1, -0.05) is 22.9 Å². The fourth-order valence-electron chi connectivity index (χ4n) is 3.56. The quantitative estimate of drug-likeness (QED) is 0.399. The molecule has 11 nitrogen and oxygen atoms in total. The molecule has 1 fully saturated rings. The molecular weight excluding hydrogens is 482 g/mol. The first-order valence-electron chi connectivity index (χ1n) is 10.1. The number of aliphatic hydroxyl groups is 1. The van der Waals surface area contributed by atoms with Crippen LogP contribution in [0.15, 0.2) is 30.7 Å². The molecule has 0 aromatic carbocycles. The van der Waals surface area contributed by atoms with Crippen LogP contribution in [0.2, 0.25) is 5.15 Å². The summed E-state index contributed by atoms with van der Waals surface area (Å²) in [6, 6.07) is 3.39. The molecule has 0 spiro atoms. The molecule has 4 aromatic rings. The maximum absolute atomic E-state index is 13.2. The van der Waals surface area contributed by atoms with E-state index in [1.54, 1.807) is 12.1 Å². The van der Waals surface area contributed by atoms with E-state index in [9.17, 15) is 14.7 Å². The van der Waals surface area contributed by atoms with Crippen molar-refractivity contribution in [3.63, 3.8) is 0 Å². The number of aliphatic hydroxyl groups excluding tert-OH is 1. The van der Waals surface area contributed by atoms with Gasteiger partial charge in [-0.2, -0.15) is 0 Å². The van der Waals surface area contributed by atoms with Crippen molar-refractivity contribution in [2.45, 2.75) is 13.0 Å². The van der Waals surface area contributed by atoms with Gasteiger partial charge in [0.1, 0.15) is 16.6 Å². The first kappa shape index (κ1) is 22.2. The molecular formula is C21H18ClN7O4S. The lowest BCUT2D eigenvalue weighted by molar-refractivity contribution is 0.00555. The van der Waals surface area contributed by atoms with Gasteiger partial charge in [-0.05, 0) is 19.1 Å². The molecule has 34 heavy (non-hydrogen) atoms. The number of likely N-dealkylation sites (tertiary alicyclic amines) is 1. The Labute approximate surface area is 202 Å². The fourth-order valence-corrected chi connectivity index (χ4v) is 4.49. The minimum Gasteiger partial charge on any atom is -0.494 e. The number of nitrogens with one attached hydrogen (secondary N) is 1. The number of nitrogens with zero attached hydrogens (tertiary/aromatic N) is 6. The third-order valence-electron chi connectivity index (χ3n) is 5.26. The zero-order chi connectivity index (χ0) is 24.0. The van der Waals surface area contributed by atoms with Gasteiger partial charge in [-0.25, -0.2) is 14.5 Å². The summed E-state index contributed by atoms with van der Waals surface area (Å²) in [7, 11) is 1.51. The van der Waals surface area contributed by atoms with Crippen LogP contribution < -0.4 is 10.1 Å². The number of methoxy groups -OCH3 is 1. The minimum atomic E-state index is -0.489. The summed E-state index contributed by atoms with van der Waals surface area (Å²) in [4.78, 5) is 40.1. The van der Waals surface area contributed by atoms with Crippen molar-refractivity contribution in [2.24, 2.45) is 0 Å². The van der Waals surface area contributed by atoms with Crippen LogP contribution in [-0.4, -0.2) is 72.7 Å². The van der Waals surface area contributed by atoms with Gasteiger partial charge >= 0.3 is 0 Å². The van der Waals surface area contributed by atoms with Crippen LogP contribution in [0.4, 0.5) is 5.13 Å². The summed E-state index contributed by atoms with van der Waals surface area (Å²) in [5.74, 6) is -0.238. The molecule has 1 aliphatic rings. The molecule has 2 N–H and O–H groups in total. The highest BCUT2D eigenvalue weighted by Crippen LogP contribution is 2.34. The number of carbonyl (C=O) groups is 2. The molecule has 5 rings (SSSR count). The number of aromatic nitrogens is 5. The number of aryl methyl sites for hydroxylation is 1. The van der Waals surface area contributed by atoms with Crippen molar-refractivity contribution in [3.8, 4) is 16.9 Å². The number of β-amino-alcohol motifs (C(OH)–C–C–N with tert-alkyl or cyclic N) is 1. The maximum atomic E-state index is 13.2. The Balaban J connectivity index is 1.41. The Hall–Kier alpha value is -3.61. The molecule has 0 atom stereocenters. The Morgan fingerprint density at radius 3 is 2.74 bits per heavy atom. The highest BCUT2D eigenvalue weighted by molar-refractivity contribution is 7.20. The predicted octanol–water partition coefficient (Wildman–Crippen LogP) is 2.29. The van der Waals surface area contributed by atoms with E-state index in [0.717, 1.165) is 11.3 Å². The number of carbonyl (C=O) groups excluding carboxylic acids is 2. The monoisotopic (exact) mass is 499 g/mol. The molecule has 0 radical (unpaired) electrons.